The summed E-state index contributed by atoms with van der Waals surface area (Å²) in [5, 5.41) is 2.62. The molecule has 0 radical (unpaired) electrons. The number of methoxy groups -OCH3 is 1. The Labute approximate surface area is 101 Å². The van der Waals surface area contributed by atoms with Crippen molar-refractivity contribution < 1.29 is 14.3 Å². The largest absolute Gasteiger partial charge is 0.468 e. The van der Waals surface area contributed by atoms with Crippen molar-refractivity contribution in [3.8, 4) is 12.3 Å². The van der Waals surface area contributed by atoms with Gasteiger partial charge < -0.3 is 10.1 Å². The number of amides is 1. The van der Waals surface area contributed by atoms with Crippen LogP contribution in [-0.4, -0.2) is 49.1 Å². The SMILES string of the molecule is C#CCNC(=O)C(C)N1CCCC1C(=O)OC. The maximum absolute atomic E-state index is 11.7. The third-order valence-electron chi connectivity index (χ3n) is 3.01. The molecular formula is C12H18N2O3. The average Bonchev–Trinajstić information content (AvgIpc) is 2.82. The van der Waals surface area contributed by atoms with Gasteiger partial charge in [0.15, 0.2) is 0 Å². The Morgan fingerprint density at radius 2 is 2.35 bits per heavy atom. The van der Waals surface area contributed by atoms with Crippen LogP contribution in [0.4, 0.5) is 0 Å². The molecule has 1 amide bonds. The summed E-state index contributed by atoms with van der Waals surface area (Å²) in [5.74, 6) is 1.91. The van der Waals surface area contributed by atoms with E-state index in [9.17, 15) is 9.59 Å². The molecule has 1 aliphatic heterocycles. The van der Waals surface area contributed by atoms with Crippen LogP contribution in [0.25, 0.3) is 0 Å². The molecular weight excluding hydrogens is 220 g/mol. The molecule has 1 aliphatic rings. The quantitative estimate of drug-likeness (QED) is 0.542. The van der Waals surface area contributed by atoms with Crippen LogP contribution in [-0.2, 0) is 14.3 Å². The van der Waals surface area contributed by atoms with Crippen molar-refractivity contribution >= 4 is 11.9 Å². The maximum atomic E-state index is 11.7. The number of nitrogens with zero attached hydrogens (tertiary/aromatic N) is 1. The van der Waals surface area contributed by atoms with E-state index >= 15 is 0 Å². The van der Waals surface area contributed by atoms with Gasteiger partial charge in [-0.25, -0.2) is 0 Å². The lowest BCUT2D eigenvalue weighted by Gasteiger charge is -2.27. The second-order valence-corrected chi connectivity index (χ2v) is 4.02. The fraction of sp³-hybridized carbons (Fsp3) is 0.667. The van der Waals surface area contributed by atoms with Crippen LogP contribution >= 0.6 is 0 Å². The van der Waals surface area contributed by atoms with Crippen molar-refractivity contribution in [1.82, 2.24) is 10.2 Å². The summed E-state index contributed by atoms with van der Waals surface area (Å²) in [5.41, 5.74) is 0. The lowest BCUT2D eigenvalue weighted by Crippen LogP contribution is -2.49. The molecule has 94 valence electrons. The van der Waals surface area contributed by atoms with Crippen LogP contribution in [0.5, 0.6) is 0 Å². The highest BCUT2D eigenvalue weighted by molar-refractivity contribution is 5.83. The minimum Gasteiger partial charge on any atom is -0.468 e. The zero-order valence-corrected chi connectivity index (χ0v) is 10.2. The first kappa shape index (κ1) is 13.5. The van der Waals surface area contributed by atoms with Crippen molar-refractivity contribution in [2.45, 2.75) is 31.8 Å². The zero-order chi connectivity index (χ0) is 12.8. The predicted octanol–water partition coefficient (Wildman–Crippen LogP) is -0.238. The van der Waals surface area contributed by atoms with E-state index in [1.54, 1.807) is 6.92 Å². The molecule has 2 unspecified atom stereocenters. The Balaban J connectivity index is 2.61. The lowest BCUT2D eigenvalue weighted by atomic mass is 10.2. The van der Waals surface area contributed by atoms with Crippen molar-refractivity contribution in [1.29, 1.82) is 0 Å². The number of rotatable bonds is 4. The Morgan fingerprint density at radius 1 is 1.65 bits per heavy atom. The Kier molecular flexibility index (Phi) is 4.98. The van der Waals surface area contributed by atoms with Crippen LogP contribution in [0.2, 0.25) is 0 Å². The first-order chi connectivity index (χ1) is 8.11. The van der Waals surface area contributed by atoms with Crippen LogP contribution in [0.1, 0.15) is 19.8 Å². The summed E-state index contributed by atoms with van der Waals surface area (Å²) in [6, 6.07) is -0.679. The molecule has 5 heteroatoms. The predicted molar refractivity (Wildman–Crippen MR) is 63.0 cm³/mol. The summed E-state index contributed by atoms with van der Waals surface area (Å²) >= 11 is 0. The number of terminal acetylenes is 1. The van der Waals surface area contributed by atoms with Gasteiger partial charge in [-0.15, -0.1) is 6.42 Å². The third-order valence-corrected chi connectivity index (χ3v) is 3.01. The van der Waals surface area contributed by atoms with Crippen LogP contribution in [0.3, 0.4) is 0 Å². The molecule has 5 nitrogen and oxygen atoms in total. The smallest absolute Gasteiger partial charge is 0.323 e. The number of carbonyl (C=O) groups is 2. The van der Waals surface area contributed by atoms with Gasteiger partial charge in [-0.2, -0.15) is 0 Å². The van der Waals surface area contributed by atoms with E-state index in [2.05, 4.69) is 11.2 Å². The summed E-state index contributed by atoms with van der Waals surface area (Å²) in [4.78, 5) is 25.1. The molecule has 1 saturated heterocycles. The van der Waals surface area contributed by atoms with E-state index in [4.69, 9.17) is 11.2 Å². The zero-order valence-electron chi connectivity index (χ0n) is 10.2. The molecule has 0 spiro atoms. The molecule has 0 aromatic heterocycles. The van der Waals surface area contributed by atoms with Gasteiger partial charge in [0.2, 0.25) is 5.91 Å². The van der Waals surface area contributed by atoms with Gasteiger partial charge in [0.25, 0.3) is 0 Å². The Morgan fingerprint density at radius 3 is 2.94 bits per heavy atom. The monoisotopic (exact) mass is 238 g/mol. The van der Waals surface area contributed by atoms with Gasteiger partial charge in [-0.3, -0.25) is 14.5 Å². The highest BCUT2D eigenvalue weighted by Gasteiger charge is 2.36. The van der Waals surface area contributed by atoms with E-state index in [-0.39, 0.29) is 30.5 Å². The second-order valence-electron chi connectivity index (χ2n) is 4.02. The highest BCUT2D eigenvalue weighted by atomic mass is 16.5. The van der Waals surface area contributed by atoms with Crippen LogP contribution in [0, 0.1) is 12.3 Å². The fourth-order valence-corrected chi connectivity index (χ4v) is 2.08. The number of esters is 1. The number of hydrogen-bond donors (Lipinski definition) is 1. The molecule has 1 N–H and O–H groups in total. The minimum absolute atomic E-state index is 0.154. The normalized spacial score (nSPS) is 21.6. The van der Waals surface area contributed by atoms with E-state index in [1.807, 2.05) is 4.90 Å². The van der Waals surface area contributed by atoms with Gasteiger partial charge in [0.1, 0.15) is 6.04 Å². The highest BCUT2D eigenvalue weighted by Crippen LogP contribution is 2.21. The number of nitrogens with one attached hydrogen (secondary N) is 1. The van der Waals surface area contributed by atoms with E-state index in [1.165, 1.54) is 7.11 Å². The standard InChI is InChI=1S/C12H18N2O3/c1-4-7-13-11(15)9(2)14-8-5-6-10(14)12(16)17-3/h1,9-10H,5-8H2,2-3H3,(H,13,15). The number of hydrogen-bond acceptors (Lipinski definition) is 4. The van der Waals surface area contributed by atoms with Crippen LogP contribution in [0.15, 0.2) is 0 Å². The van der Waals surface area contributed by atoms with Gasteiger partial charge in [-0.05, 0) is 26.3 Å². The third kappa shape index (κ3) is 3.21. The average molecular weight is 238 g/mol. The summed E-state index contributed by atoms with van der Waals surface area (Å²) in [6.45, 7) is 2.71. The summed E-state index contributed by atoms with van der Waals surface area (Å²) in [7, 11) is 1.36. The Bertz CT molecular complexity index is 335. The minimum atomic E-state index is -0.366. The van der Waals surface area contributed by atoms with Crippen molar-refractivity contribution in [2.75, 3.05) is 20.2 Å². The van der Waals surface area contributed by atoms with Crippen molar-refractivity contribution in [3.05, 3.63) is 0 Å². The number of ether oxygens (including phenoxy) is 1. The second kappa shape index (κ2) is 6.26. The molecule has 17 heavy (non-hydrogen) atoms. The summed E-state index contributed by atoms with van der Waals surface area (Å²) in [6.07, 6.45) is 6.71. The molecule has 0 aromatic rings. The van der Waals surface area contributed by atoms with Gasteiger partial charge in [-0.1, -0.05) is 5.92 Å². The van der Waals surface area contributed by atoms with Crippen LogP contribution < -0.4 is 5.32 Å². The number of carbonyl (C=O) groups excluding carboxylic acids is 2. The molecule has 1 rings (SSSR count). The molecule has 0 aliphatic carbocycles. The van der Waals surface area contributed by atoms with Gasteiger partial charge in [0, 0.05) is 0 Å². The van der Waals surface area contributed by atoms with E-state index in [0.29, 0.717) is 0 Å². The van der Waals surface area contributed by atoms with Crippen molar-refractivity contribution in [3.63, 3.8) is 0 Å². The molecule has 2 atom stereocenters. The van der Waals surface area contributed by atoms with Crippen molar-refractivity contribution in [2.24, 2.45) is 0 Å². The van der Waals surface area contributed by atoms with E-state index in [0.717, 1.165) is 19.4 Å². The van der Waals surface area contributed by atoms with Gasteiger partial charge in [0.05, 0.1) is 19.7 Å². The Hall–Kier alpha value is -1.54. The first-order valence-electron chi connectivity index (χ1n) is 5.66. The molecule has 0 aromatic carbocycles. The van der Waals surface area contributed by atoms with Gasteiger partial charge >= 0.3 is 5.97 Å². The van der Waals surface area contributed by atoms with E-state index < -0.39 is 0 Å². The fourth-order valence-electron chi connectivity index (χ4n) is 2.08. The topological polar surface area (TPSA) is 58.6 Å². The molecule has 0 saturated carbocycles. The number of likely N-dealkylation sites (tertiary alicyclic amines) is 1. The summed E-state index contributed by atoms with van der Waals surface area (Å²) < 4.78 is 4.73. The molecule has 0 bridgehead atoms. The lowest BCUT2D eigenvalue weighted by molar-refractivity contribution is -0.147. The molecule has 1 fully saturated rings. The molecule has 1 heterocycles. The maximum Gasteiger partial charge on any atom is 0.323 e. The first-order valence-corrected chi connectivity index (χ1v) is 5.66.